The Balaban J connectivity index is 2.11. The summed E-state index contributed by atoms with van der Waals surface area (Å²) in [5.41, 5.74) is 2.08. The number of carbonyl (C=O) groups is 1. The first-order valence-corrected chi connectivity index (χ1v) is 4.98. The van der Waals surface area contributed by atoms with Crippen LogP contribution < -0.4 is 5.32 Å². The fourth-order valence-corrected chi connectivity index (χ4v) is 1.42. The molecule has 4 heteroatoms. The highest BCUT2D eigenvalue weighted by Gasteiger charge is 2.00. The van der Waals surface area contributed by atoms with Gasteiger partial charge in [0.15, 0.2) is 0 Å². The Labute approximate surface area is 87.7 Å². The van der Waals surface area contributed by atoms with Gasteiger partial charge in [-0.25, -0.2) is 0 Å². The summed E-state index contributed by atoms with van der Waals surface area (Å²) in [6, 6.07) is 5.98. The quantitative estimate of drug-likeness (QED) is 0.795. The molecule has 0 spiro atoms. The third kappa shape index (κ3) is 2.15. The summed E-state index contributed by atoms with van der Waals surface area (Å²) in [5.74, 6) is 0.0692. The summed E-state index contributed by atoms with van der Waals surface area (Å²) >= 11 is 0. The number of amides is 1. The number of carbonyl (C=O) groups excluding carboxylic acids is 1. The molecule has 0 aliphatic heterocycles. The first kappa shape index (κ1) is 9.71. The molecular formula is C11H13N3O. The molecule has 0 aliphatic rings. The summed E-state index contributed by atoms with van der Waals surface area (Å²) in [6.45, 7) is 2.41. The normalized spacial score (nSPS) is 10.5. The summed E-state index contributed by atoms with van der Waals surface area (Å²) in [7, 11) is 0. The molecule has 0 bridgehead atoms. The number of hydrogen-bond donors (Lipinski definition) is 2. The number of fused-ring (bicyclic) bond motifs is 1. The number of aromatic amines is 1. The third-order valence-electron chi connectivity index (χ3n) is 2.32. The highest BCUT2D eigenvalue weighted by molar-refractivity contribution is 5.79. The fourth-order valence-electron chi connectivity index (χ4n) is 1.42. The van der Waals surface area contributed by atoms with E-state index >= 15 is 0 Å². The second-order valence-corrected chi connectivity index (χ2v) is 3.42. The summed E-state index contributed by atoms with van der Waals surface area (Å²) in [6.07, 6.45) is 2.30. The van der Waals surface area contributed by atoms with E-state index in [0.29, 0.717) is 13.0 Å². The number of H-pyrrole nitrogens is 1. The second-order valence-electron chi connectivity index (χ2n) is 3.42. The van der Waals surface area contributed by atoms with Gasteiger partial charge >= 0.3 is 0 Å². The number of aromatic nitrogens is 2. The minimum Gasteiger partial charge on any atom is -0.352 e. The number of rotatable bonds is 3. The predicted molar refractivity (Wildman–Crippen MR) is 58.2 cm³/mol. The lowest BCUT2D eigenvalue weighted by Gasteiger charge is -2.03. The molecule has 78 valence electrons. The lowest BCUT2D eigenvalue weighted by atomic mass is 10.1. The van der Waals surface area contributed by atoms with Crippen molar-refractivity contribution in [1.82, 2.24) is 15.5 Å². The zero-order valence-corrected chi connectivity index (χ0v) is 8.58. The summed E-state index contributed by atoms with van der Waals surface area (Å²) in [5, 5.41) is 10.8. The van der Waals surface area contributed by atoms with Gasteiger partial charge in [-0.05, 0) is 11.6 Å². The molecule has 0 unspecified atom stereocenters. The van der Waals surface area contributed by atoms with Crippen LogP contribution in [0.5, 0.6) is 0 Å². The highest BCUT2D eigenvalue weighted by Crippen LogP contribution is 2.12. The van der Waals surface area contributed by atoms with Gasteiger partial charge in [0, 0.05) is 18.4 Å². The molecule has 1 heterocycles. The third-order valence-corrected chi connectivity index (χ3v) is 2.32. The minimum absolute atomic E-state index is 0.0692. The van der Waals surface area contributed by atoms with Crippen LogP contribution in [0.3, 0.4) is 0 Å². The lowest BCUT2D eigenvalue weighted by Crippen LogP contribution is -2.21. The van der Waals surface area contributed by atoms with E-state index in [9.17, 15) is 4.79 Å². The standard InChI is InChI=1S/C11H13N3O/c1-2-11(15)12-6-8-3-4-9-7-13-14-10(9)5-8/h3-5,7H,2,6H2,1H3,(H,12,15)(H,13,14). The Bertz CT molecular complexity index is 475. The van der Waals surface area contributed by atoms with Gasteiger partial charge in [-0.1, -0.05) is 19.1 Å². The lowest BCUT2D eigenvalue weighted by molar-refractivity contribution is -0.120. The van der Waals surface area contributed by atoms with Crippen molar-refractivity contribution in [2.75, 3.05) is 0 Å². The van der Waals surface area contributed by atoms with E-state index < -0.39 is 0 Å². The molecule has 1 aromatic heterocycles. The topological polar surface area (TPSA) is 57.8 Å². The predicted octanol–water partition coefficient (Wildman–Crippen LogP) is 1.59. The average molecular weight is 203 g/mol. The van der Waals surface area contributed by atoms with Gasteiger partial charge in [-0.3, -0.25) is 9.89 Å². The van der Waals surface area contributed by atoms with Gasteiger partial charge in [0.2, 0.25) is 5.91 Å². The van der Waals surface area contributed by atoms with Crippen molar-refractivity contribution < 1.29 is 4.79 Å². The van der Waals surface area contributed by atoms with Crippen molar-refractivity contribution >= 4 is 16.8 Å². The minimum atomic E-state index is 0.0692. The van der Waals surface area contributed by atoms with E-state index in [1.165, 1.54) is 0 Å². The molecule has 1 aromatic carbocycles. The van der Waals surface area contributed by atoms with Gasteiger partial charge in [0.05, 0.1) is 11.7 Å². The molecule has 0 atom stereocenters. The molecule has 0 fully saturated rings. The van der Waals surface area contributed by atoms with Crippen molar-refractivity contribution in [2.45, 2.75) is 19.9 Å². The van der Waals surface area contributed by atoms with E-state index in [1.54, 1.807) is 6.20 Å². The molecule has 0 saturated heterocycles. The zero-order chi connectivity index (χ0) is 10.7. The van der Waals surface area contributed by atoms with Crippen molar-refractivity contribution in [3.63, 3.8) is 0 Å². The van der Waals surface area contributed by atoms with E-state index in [0.717, 1.165) is 16.5 Å². The smallest absolute Gasteiger partial charge is 0.219 e. The fraction of sp³-hybridized carbons (Fsp3) is 0.273. The SMILES string of the molecule is CCC(=O)NCc1ccc2cn[nH]c2c1. The maximum Gasteiger partial charge on any atom is 0.219 e. The highest BCUT2D eigenvalue weighted by atomic mass is 16.1. The molecule has 4 nitrogen and oxygen atoms in total. The van der Waals surface area contributed by atoms with Gasteiger partial charge in [-0.15, -0.1) is 0 Å². The van der Waals surface area contributed by atoms with Crippen molar-refractivity contribution in [3.8, 4) is 0 Å². The van der Waals surface area contributed by atoms with Crippen LogP contribution >= 0.6 is 0 Å². The number of hydrogen-bond acceptors (Lipinski definition) is 2. The van der Waals surface area contributed by atoms with E-state index in [-0.39, 0.29) is 5.91 Å². The first-order valence-electron chi connectivity index (χ1n) is 4.98. The van der Waals surface area contributed by atoms with Crippen LogP contribution in [-0.4, -0.2) is 16.1 Å². The molecule has 2 rings (SSSR count). The van der Waals surface area contributed by atoms with Crippen LogP contribution in [0.4, 0.5) is 0 Å². The Kier molecular flexibility index (Phi) is 2.67. The largest absolute Gasteiger partial charge is 0.352 e. The van der Waals surface area contributed by atoms with Crippen LogP contribution in [0, 0.1) is 0 Å². The Morgan fingerprint density at radius 1 is 1.53 bits per heavy atom. The van der Waals surface area contributed by atoms with Crippen LogP contribution in [-0.2, 0) is 11.3 Å². The van der Waals surface area contributed by atoms with Crippen molar-refractivity contribution in [3.05, 3.63) is 30.0 Å². The maximum atomic E-state index is 11.1. The number of nitrogens with one attached hydrogen (secondary N) is 2. The summed E-state index contributed by atoms with van der Waals surface area (Å²) in [4.78, 5) is 11.1. The average Bonchev–Trinajstić information content (AvgIpc) is 2.72. The van der Waals surface area contributed by atoms with E-state index in [2.05, 4.69) is 15.5 Å². The zero-order valence-electron chi connectivity index (χ0n) is 8.58. The van der Waals surface area contributed by atoms with Crippen molar-refractivity contribution in [2.24, 2.45) is 0 Å². The molecule has 1 amide bonds. The van der Waals surface area contributed by atoms with Gasteiger partial charge in [0.1, 0.15) is 0 Å². The number of nitrogens with zero attached hydrogens (tertiary/aromatic N) is 1. The molecule has 0 saturated carbocycles. The molecule has 2 aromatic rings. The number of benzene rings is 1. The monoisotopic (exact) mass is 203 g/mol. The van der Waals surface area contributed by atoms with Crippen LogP contribution in [0.2, 0.25) is 0 Å². The first-order chi connectivity index (χ1) is 7.29. The summed E-state index contributed by atoms with van der Waals surface area (Å²) < 4.78 is 0. The molecular weight excluding hydrogens is 190 g/mol. The second kappa shape index (κ2) is 4.13. The molecule has 15 heavy (non-hydrogen) atoms. The van der Waals surface area contributed by atoms with Crippen molar-refractivity contribution in [1.29, 1.82) is 0 Å². The van der Waals surface area contributed by atoms with E-state index in [4.69, 9.17) is 0 Å². The molecule has 2 N–H and O–H groups in total. The van der Waals surface area contributed by atoms with Crippen LogP contribution in [0.25, 0.3) is 10.9 Å². The Morgan fingerprint density at radius 3 is 3.20 bits per heavy atom. The molecule has 0 radical (unpaired) electrons. The molecule has 0 aliphatic carbocycles. The Morgan fingerprint density at radius 2 is 2.40 bits per heavy atom. The van der Waals surface area contributed by atoms with Gasteiger partial charge in [-0.2, -0.15) is 5.10 Å². The maximum absolute atomic E-state index is 11.1. The Hall–Kier alpha value is -1.84. The van der Waals surface area contributed by atoms with E-state index in [1.807, 2.05) is 25.1 Å². The van der Waals surface area contributed by atoms with Gasteiger partial charge in [0.25, 0.3) is 0 Å². The van der Waals surface area contributed by atoms with Gasteiger partial charge < -0.3 is 5.32 Å². The van der Waals surface area contributed by atoms with Crippen LogP contribution in [0.15, 0.2) is 24.4 Å². The van der Waals surface area contributed by atoms with Crippen LogP contribution in [0.1, 0.15) is 18.9 Å².